The van der Waals surface area contributed by atoms with Gasteiger partial charge in [-0.1, -0.05) is 35.4 Å². The van der Waals surface area contributed by atoms with E-state index in [0.29, 0.717) is 5.69 Å². The molecule has 1 heterocycles. The number of benzene rings is 2. The van der Waals surface area contributed by atoms with Crippen LogP contribution in [0.1, 0.15) is 0 Å². The van der Waals surface area contributed by atoms with Crippen LogP contribution < -0.4 is 0 Å². The number of phenols is 1. The first-order valence-electron chi connectivity index (χ1n) is 5.20. The minimum Gasteiger partial charge on any atom is -0.505 e. The number of hydrogen-bond donors (Lipinski definition) is 2. The van der Waals surface area contributed by atoms with Gasteiger partial charge in [-0.25, -0.2) is 0 Å². The number of rotatable bonds is 2. The van der Waals surface area contributed by atoms with E-state index < -0.39 is 0 Å². The van der Waals surface area contributed by atoms with Gasteiger partial charge in [0.15, 0.2) is 5.75 Å². The van der Waals surface area contributed by atoms with Crippen LogP contribution in [0.25, 0.3) is 10.8 Å². The van der Waals surface area contributed by atoms with Crippen LogP contribution in [-0.2, 0) is 0 Å². The fraction of sp³-hybridized carbons (Fsp3) is 0. The van der Waals surface area contributed by atoms with Crippen LogP contribution in [0.2, 0.25) is 0 Å². The van der Waals surface area contributed by atoms with E-state index in [9.17, 15) is 5.11 Å². The molecule has 0 saturated carbocycles. The highest BCUT2D eigenvalue weighted by atomic mass is 16.3. The Bertz CT molecular complexity index is 707. The van der Waals surface area contributed by atoms with Gasteiger partial charge in [-0.05, 0) is 16.7 Å². The van der Waals surface area contributed by atoms with Crippen molar-refractivity contribution in [3.63, 3.8) is 0 Å². The van der Waals surface area contributed by atoms with Gasteiger partial charge in [-0.2, -0.15) is 5.21 Å². The highest BCUT2D eigenvalue weighted by molar-refractivity contribution is 5.92. The minimum atomic E-state index is 0.0837. The zero-order valence-electron chi connectivity index (χ0n) is 9.15. The van der Waals surface area contributed by atoms with Gasteiger partial charge in [0.05, 0.1) is 0 Å². The Morgan fingerprint density at radius 3 is 2.78 bits per heavy atom. The fourth-order valence-electron chi connectivity index (χ4n) is 1.62. The molecule has 7 heteroatoms. The first-order chi connectivity index (χ1) is 8.84. The molecule has 1 aromatic heterocycles. The van der Waals surface area contributed by atoms with Gasteiger partial charge in [-0.3, -0.25) is 0 Å². The van der Waals surface area contributed by atoms with Crippen molar-refractivity contribution in [1.82, 2.24) is 20.6 Å². The van der Waals surface area contributed by atoms with Crippen LogP contribution in [0.4, 0.5) is 11.6 Å². The van der Waals surface area contributed by atoms with E-state index in [-0.39, 0.29) is 11.7 Å². The summed E-state index contributed by atoms with van der Waals surface area (Å²) in [4.78, 5) is 0. The van der Waals surface area contributed by atoms with Crippen molar-refractivity contribution in [1.29, 1.82) is 0 Å². The van der Waals surface area contributed by atoms with Crippen LogP contribution in [0.15, 0.2) is 46.6 Å². The van der Waals surface area contributed by atoms with Crippen molar-refractivity contribution in [2.75, 3.05) is 0 Å². The number of azo groups is 1. The summed E-state index contributed by atoms with van der Waals surface area (Å²) in [5.74, 6) is 0.197. The Balaban J connectivity index is 2.05. The van der Waals surface area contributed by atoms with Gasteiger partial charge in [-0.15, -0.1) is 15.3 Å². The molecule has 0 aliphatic carbocycles. The maximum absolute atomic E-state index is 10.1. The van der Waals surface area contributed by atoms with E-state index in [0.717, 1.165) is 10.8 Å². The van der Waals surface area contributed by atoms with E-state index in [1.165, 1.54) is 0 Å². The summed E-state index contributed by atoms with van der Waals surface area (Å²) in [6.07, 6.45) is 0. The third-order valence-electron chi connectivity index (χ3n) is 2.46. The van der Waals surface area contributed by atoms with Crippen molar-refractivity contribution in [3.8, 4) is 5.75 Å². The third kappa shape index (κ3) is 1.77. The lowest BCUT2D eigenvalue weighted by Crippen LogP contribution is -1.74. The molecule has 3 aromatic rings. The largest absolute Gasteiger partial charge is 0.505 e. The van der Waals surface area contributed by atoms with Crippen molar-refractivity contribution in [3.05, 3.63) is 36.4 Å². The average Bonchev–Trinajstić information content (AvgIpc) is 2.91. The van der Waals surface area contributed by atoms with Crippen molar-refractivity contribution < 1.29 is 5.11 Å². The number of phenolic OH excluding ortho intramolecular Hbond substituents is 1. The van der Waals surface area contributed by atoms with Crippen LogP contribution >= 0.6 is 0 Å². The zero-order valence-corrected chi connectivity index (χ0v) is 9.15. The van der Waals surface area contributed by atoms with Gasteiger partial charge in [0.1, 0.15) is 5.69 Å². The number of aromatic nitrogens is 4. The number of fused-ring (bicyclic) bond motifs is 1. The average molecular weight is 240 g/mol. The second-order valence-corrected chi connectivity index (χ2v) is 3.57. The molecule has 18 heavy (non-hydrogen) atoms. The molecular weight excluding hydrogens is 232 g/mol. The topological polar surface area (TPSA) is 99.4 Å². The lowest BCUT2D eigenvalue weighted by molar-refractivity contribution is 0.482. The number of aromatic amines is 1. The van der Waals surface area contributed by atoms with E-state index in [1.807, 2.05) is 30.3 Å². The van der Waals surface area contributed by atoms with Gasteiger partial charge in [0, 0.05) is 5.39 Å². The molecule has 0 aliphatic rings. The molecule has 7 nitrogen and oxygen atoms in total. The Morgan fingerprint density at radius 1 is 1.06 bits per heavy atom. The quantitative estimate of drug-likeness (QED) is 0.672. The normalized spacial score (nSPS) is 11.3. The summed E-state index contributed by atoms with van der Waals surface area (Å²) < 4.78 is 0. The molecule has 0 spiro atoms. The number of nitrogens with zero attached hydrogens (tertiary/aromatic N) is 5. The third-order valence-corrected chi connectivity index (χ3v) is 2.46. The second-order valence-electron chi connectivity index (χ2n) is 3.57. The summed E-state index contributed by atoms with van der Waals surface area (Å²) in [6.45, 7) is 0. The van der Waals surface area contributed by atoms with Gasteiger partial charge in [0.25, 0.3) is 0 Å². The van der Waals surface area contributed by atoms with Crippen molar-refractivity contribution >= 4 is 22.4 Å². The van der Waals surface area contributed by atoms with Gasteiger partial charge in [0.2, 0.25) is 0 Å². The summed E-state index contributed by atoms with van der Waals surface area (Å²) in [6, 6.07) is 11.0. The molecule has 2 N–H and O–H groups in total. The maximum Gasteiger partial charge on any atom is 0.307 e. The van der Waals surface area contributed by atoms with Crippen LogP contribution in [-0.4, -0.2) is 25.7 Å². The predicted octanol–water partition coefficient (Wildman–Crippen LogP) is 2.47. The molecule has 0 unspecified atom stereocenters. The Labute approximate surface area is 101 Å². The minimum absolute atomic E-state index is 0.0837. The van der Waals surface area contributed by atoms with Crippen LogP contribution in [0.3, 0.4) is 0 Å². The van der Waals surface area contributed by atoms with E-state index >= 15 is 0 Å². The Kier molecular flexibility index (Phi) is 2.41. The number of H-pyrrole nitrogens is 1. The molecule has 0 amide bonds. The highest BCUT2D eigenvalue weighted by Gasteiger charge is 2.05. The zero-order chi connectivity index (χ0) is 12.4. The standard InChI is InChI=1S/C11H8N6O/c18-10-8-4-2-1-3-7(8)5-6-9(10)12-13-11-14-16-17-15-11/h1-6,18H,(H,14,15,16,17). The van der Waals surface area contributed by atoms with Gasteiger partial charge >= 0.3 is 5.95 Å². The summed E-state index contributed by atoms with van der Waals surface area (Å²) in [5, 5.41) is 32.3. The monoisotopic (exact) mass is 240 g/mol. The summed E-state index contributed by atoms with van der Waals surface area (Å²) in [7, 11) is 0. The molecule has 0 fully saturated rings. The molecule has 0 atom stereocenters. The maximum atomic E-state index is 10.1. The fourth-order valence-corrected chi connectivity index (χ4v) is 1.62. The lowest BCUT2D eigenvalue weighted by atomic mass is 10.1. The number of aromatic hydroxyl groups is 1. The molecular formula is C11H8N6O. The molecule has 2 aromatic carbocycles. The van der Waals surface area contributed by atoms with Crippen LogP contribution in [0, 0.1) is 0 Å². The second kappa shape index (κ2) is 4.21. The highest BCUT2D eigenvalue weighted by Crippen LogP contribution is 2.34. The van der Waals surface area contributed by atoms with Crippen molar-refractivity contribution in [2.45, 2.75) is 0 Å². The molecule has 0 radical (unpaired) electrons. The van der Waals surface area contributed by atoms with Crippen molar-refractivity contribution in [2.24, 2.45) is 10.2 Å². The first kappa shape index (κ1) is 10.3. The van der Waals surface area contributed by atoms with E-state index in [1.54, 1.807) is 6.07 Å². The lowest BCUT2D eigenvalue weighted by Gasteiger charge is -2.02. The van der Waals surface area contributed by atoms with E-state index in [2.05, 4.69) is 30.9 Å². The van der Waals surface area contributed by atoms with Crippen LogP contribution in [0.5, 0.6) is 5.75 Å². The number of tetrazole rings is 1. The SMILES string of the molecule is Oc1c(N=Nc2nn[nH]n2)ccc2ccccc12. The smallest absolute Gasteiger partial charge is 0.307 e. The van der Waals surface area contributed by atoms with Gasteiger partial charge < -0.3 is 5.11 Å². The molecule has 0 aliphatic heterocycles. The Hall–Kier alpha value is -2.83. The predicted molar refractivity (Wildman–Crippen MR) is 64.0 cm³/mol. The molecule has 0 bridgehead atoms. The molecule has 0 saturated heterocycles. The molecule has 3 rings (SSSR count). The number of nitrogens with one attached hydrogen (secondary N) is 1. The molecule has 88 valence electrons. The number of hydrogen-bond acceptors (Lipinski definition) is 6. The first-order valence-corrected chi connectivity index (χ1v) is 5.20. The summed E-state index contributed by atoms with van der Waals surface area (Å²) in [5.41, 5.74) is 0.360. The summed E-state index contributed by atoms with van der Waals surface area (Å²) >= 11 is 0. The van der Waals surface area contributed by atoms with E-state index in [4.69, 9.17) is 0 Å². The Morgan fingerprint density at radius 2 is 1.94 bits per heavy atom.